The number of nitrogens with one attached hydrogen (secondary N) is 1. The fraction of sp³-hybridized carbons (Fsp3) is 1.00. The van der Waals surface area contributed by atoms with Gasteiger partial charge >= 0.3 is 0 Å². The lowest BCUT2D eigenvalue weighted by atomic mass is 9.93. The first-order chi connectivity index (χ1) is 8.12. The Morgan fingerprint density at radius 2 is 1.94 bits per heavy atom. The predicted octanol–water partition coefficient (Wildman–Crippen LogP) is 1.77. The molecule has 1 N–H and O–H groups in total. The SMILES string of the molecule is CC1(C)CC(N2CCC(NC3CC3)C2)CCO1. The van der Waals surface area contributed by atoms with Crippen molar-refractivity contribution in [1.82, 2.24) is 10.2 Å². The highest BCUT2D eigenvalue weighted by Gasteiger charge is 2.36. The fourth-order valence-electron chi connectivity index (χ4n) is 3.35. The number of nitrogens with zero attached hydrogens (tertiary/aromatic N) is 1. The molecule has 0 radical (unpaired) electrons. The molecular formula is C14H26N2O. The van der Waals surface area contributed by atoms with Gasteiger partial charge in [0, 0.05) is 37.8 Å². The first-order valence-electron chi connectivity index (χ1n) is 7.26. The van der Waals surface area contributed by atoms with Gasteiger partial charge in [0.2, 0.25) is 0 Å². The van der Waals surface area contributed by atoms with Crippen molar-refractivity contribution >= 4 is 0 Å². The quantitative estimate of drug-likeness (QED) is 0.811. The number of hydrogen-bond acceptors (Lipinski definition) is 3. The number of rotatable bonds is 3. The van der Waals surface area contributed by atoms with E-state index in [4.69, 9.17) is 4.74 Å². The first kappa shape index (κ1) is 11.9. The molecule has 2 heterocycles. The molecule has 98 valence electrons. The van der Waals surface area contributed by atoms with Gasteiger partial charge in [0.25, 0.3) is 0 Å². The van der Waals surface area contributed by atoms with Crippen LogP contribution < -0.4 is 5.32 Å². The van der Waals surface area contributed by atoms with Crippen LogP contribution in [-0.2, 0) is 4.74 Å². The molecule has 0 aromatic heterocycles. The molecule has 3 rings (SSSR count). The van der Waals surface area contributed by atoms with Crippen molar-refractivity contribution in [3.63, 3.8) is 0 Å². The summed E-state index contributed by atoms with van der Waals surface area (Å²) in [7, 11) is 0. The molecular weight excluding hydrogens is 212 g/mol. The molecule has 0 bridgehead atoms. The third kappa shape index (κ3) is 3.01. The van der Waals surface area contributed by atoms with Crippen LogP contribution in [0.1, 0.15) is 46.0 Å². The average molecular weight is 238 g/mol. The smallest absolute Gasteiger partial charge is 0.0641 e. The molecule has 0 aromatic carbocycles. The Kier molecular flexibility index (Phi) is 3.18. The van der Waals surface area contributed by atoms with E-state index in [0.29, 0.717) is 0 Å². The van der Waals surface area contributed by atoms with Crippen molar-refractivity contribution in [2.45, 2.75) is 69.7 Å². The largest absolute Gasteiger partial charge is 0.375 e. The average Bonchev–Trinajstić information content (AvgIpc) is 2.93. The van der Waals surface area contributed by atoms with Crippen molar-refractivity contribution < 1.29 is 4.74 Å². The molecule has 3 fully saturated rings. The van der Waals surface area contributed by atoms with Crippen molar-refractivity contribution in [3.8, 4) is 0 Å². The lowest BCUT2D eigenvalue weighted by molar-refractivity contribution is -0.0804. The van der Waals surface area contributed by atoms with Gasteiger partial charge in [-0.15, -0.1) is 0 Å². The van der Waals surface area contributed by atoms with Gasteiger partial charge < -0.3 is 10.1 Å². The minimum atomic E-state index is 0.0882. The predicted molar refractivity (Wildman–Crippen MR) is 69.2 cm³/mol. The van der Waals surface area contributed by atoms with E-state index < -0.39 is 0 Å². The molecule has 17 heavy (non-hydrogen) atoms. The van der Waals surface area contributed by atoms with E-state index in [1.165, 1.54) is 45.2 Å². The van der Waals surface area contributed by atoms with Crippen LogP contribution in [0.5, 0.6) is 0 Å². The minimum Gasteiger partial charge on any atom is -0.375 e. The summed E-state index contributed by atoms with van der Waals surface area (Å²) in [4.78, 5) is 2.70. The van der Waals surface area contributed by atoms with E-state index in [-0.39, 0.29) is 5.60 Å². The van der Waals surface area contributed by atoms with Gasteiger partial charge in [-0.2, -0.15) is 0 Å². The molecule has 2 unspecified atom stereocenters. The fourth-order valence-corrected chi connectivity index (χ4v) is 3.35. The molecule has 1 saturated carbocycles. The van der Waals surface area contributed by atoms with Crippen molar-refractivity contribution in [3.05, 3.63) is 0 Å². The molecule has 2 saturated heterocycles. The van der Waals surface area contributed by atoms with Crippen LogP contribution in [0, 0.1) is 0 Å². The summed E-state index contributed by atoms with van der Waals surface area (Å²) >= 11 is 0. The zero-order valence-corrected chi connectivity index (χ0v) is 11.2. The van der Waals surface area contributed by atoms with Crippen LogP contribution in [-0.4, -0.2) is 48.3 Å². The Balaban J connectivity index is 1.51. The van der Waals surface area contributed by atoms with E-state index in [1.54, 1.807) is 0 Å². The maximum absolute atomic E-state index is 5.81. The van der Waals surface area contributed by atoms with Gasteiger partial charge in [0.15, 0.2) is 0 Å². The van der Waals surface area contributed by atoms with Crippen LogP contribution in [0.15, 0.2) is 0 Å². The zero-order valence-electron chi connectivity index (χ0n) is 11.2. The van der Waals surface area contributed by atoms with Crippen LogP contribution in [0.3, 0.4) is 0 Å². The van der Waals surface area contributed by atoms with E-state index in [0.717, 1.165) is 24.7 Å². The van der Waals surface area contributed by atoms with E-state index >= 15 is 0 Å². The molecule has 2 aliphatic heterocycles. The Bertz CT molecular complexity index is 275. The maximum Gasteiger partial charge on any atom is 0.0641 e. The van der Waals surface area contributed by atoms with Gasteiger partial charge in [0.1, 0.15) is 0 Å². The van der Waals surface area contributed by atoms with Crippen molar-refractivity contribution in [2.75, 3.05) is 19.7 Å². The highest BCUT2D eigenvalue weighted by Crippen LogP contribution is 2.30. The second-order valence-electron chi connectivity index (χ2n) is 6.68. The first-order valence-corrected chi connectivity index (χ1v) is 7.26. The summed E-state index contributed by atoms with van der Waals surface area (Å²) in [5.74, 6) is 0. The molecule has 3 heteroatoms. The monoisotopic (exact) mass is 238 g/mol. The van der Waals surface area contributed by atoms with Crippen LogP contribution in [0.25, 0.3) is 0 Å². The van der Waals surface area contributed by atoms with Crippen molar-refractivity contribution in [2.24, 2.45) is 0 Å². The summed E-state index contributed by atoms with van der Waals surface area (Å²) in [6, 6.07) is 2.37. The number of hydrogen-bond donors (Lipinski definition) is 1. The molecule has 3 nitrogen and oxygen atoms in total. The molecule has 0 amide bonds. The van der Waals surface area contributed by atoms with E-state index in [2.05, 4.69) is 24.1 Å². The molecule has 3 aliphatic rings. The van der Waals surface area contributed by atoms with Gasteiger partial charge in [-0.3, -0.25) is 4.90 Å². The summed E-state index contributed by atoms with van der Waals surface area (Å²) in [6.07, 6.45) is 6.57. The third-order valence-electron chi connectivity index (χ3n) is 4.46. The molecule has 2 atom stereocenters. The molecule has 0 aromatic rings. The van der Waals surface area contributed by atoms with Gasteiger partial charge in [-0.25, -0.2) is 0 Å². The Labute approximate surface area is 105 Å². The lowest BCUT2D eigenvalue weighted by Gasteiger charge is -2.39. The van der Waals surface area contributed by atoms with Gasteiger partial charge in [0.05, 0.1) is 5.60 Å². The highest BCUT2D eigenvalue weighted by molar-refractivity contribution is 4.93. The topological polar surface area (TPSA) is 24.5 Å². The van der Waals surface area contributed by atoms with Crippen LogP contribution in [0.2, 0.25) is 0 Å². The summed E-state index contributed by atoms with van der Waals surface area (Å²) in [5.41, 5.74) is 0.0882. The summed E-state index contributed by atoms with van der Waals surface area (Å²) in [5, 5.41) is 3.77. The lowest BCUT2D eigenvalue weighted by Crippen LogP contribution is -2.46. The Morgan fingerprint density at radius 1 is 1.12 bits per heavy atom. The summed E-state index contributed by atoms with van der Waals surface area (Å²) < 4.78 is 5.81. The van der Waals surface area contributed by atoms with E-state index in [1.807, 2.05) is 0 Å². The third-order valence-corrected chi connectivity index (χ3v) is 4.46. The highest BCUT2D eigenvalue weighted by atomic mass is 16.5. The Morgan fingerprint density at radius 3 is 2.65 bits per heavy atom. The second kappa shape index (κ2) is 4.52. The Hall–Kier alpha value is -0.120. The minimum absolute atomic E-state index is 0.0882. The van der Waals surface area contributed by atoms with Gasteiger partial charge in [-0.1, -0.05) is 0 Å². The van der Waals surface area contributed by atoms with Crippen LogP contribution in [0.4, 0.5) is 0 Å². The number of likely N-dealkylation sites (tertiary alicyclic amines) is 1. The summed E-state index contributed by atoms with van der Waals surface area (Å²) in [6.45, 7) is 7.95. The van der Waals surface area contributed by atoms with Crippen molar-refractivity contribution in [1.29, 1.82) is 0 Å². The zero-order chi connectivity index (χ0) is 11.9. The van der Waals surface area contributed by atoms with E-state index in [9.17, 15) is 0 Å². The maximum atomic E-state index is 5.81. The molecule has 1 aliphatic carbocycles. The second-order valence-corrected chi connectivity index (χ2v) is 6.68. The molecule has 0 spiro atoms. The number of ether oxygens (including phenoxy) is 1. The van der Waals surface area contributed by atoms with Gasteiger partial charge in [-0.05, 0) is 46.0 Å². The standard InChI is InChI=1S/C14H26N2O/c1-14(2)9-13(6-8-17-14)16-7-5-12(10-16)15-11-3-4-11/h11-13,15H,3-10H2,1-2H3. The van der Waals surface area contributed by atoms with Crippen LogP contribution >= 0.6 is 0 Å². The normalized spacial score (nSPS) is 38.5.